The molecule has 0 unspecified atom stereocenters. The maximum atomic E-state index is 12.3. The van der Waals surface area contributed by atoms with Crippen molar-refractivity contribution in [2.75, 3.05) is 6.61 Å². The first kappa shape index (κ1) is 13.9. The molecule has 3 rings (SSSR count). The molecule has 0 atom stereocenters. The van der Waals surface area contributed by atoms with Crippen LogP contribution in [0.15, 0.2) is 36.5 Å². The first-order valence-electron chi connectivity index (χ1n) is 7.47. The van der Waals surface area contributed by atoms with E-state index >= 15 is 0 Å². The second-order valence-electron chi connectivity index (χ2n) is 6.42. The molecule has 1 aliphatic carbocycles. The van der Waals surface area contributed by atoms with Crippen LogP contribution < -0.4 is 4.74 Å². The number of carbonyl (C=O) groups is 1. The molecule has 0 saturated carbocycles. The van der Waals surface area contributed by atoms with Gasteiger partial charge in [0, 0.05) is 35.6 Å². The standard InChI is InChI=1S/C18H21NO2/c1-4-21-14-7-5-6-13(10-14)19-9-8-15-16(19)11-18(2,3)12-17(15)20/h5-10H,4,11-12H2,1-3H3. The molecule has 3 heteroatoms. The molecule has 1 heterocycles. The van der Waals surface area contributed by atoms with Gasteiger partial charge in [0.15, 0.2) is 5.78 Å². The Morgan fingerprint density at radius 1 is 1.24 bits per heavy atom. The van der Waals surface area contributed by atoms with E-state index in [4.69, 9.17) is 4.74 Å². The molecule has 110 valence electrons. The second-order valence-corrected chi connectivity index (χ2v) is 6.42. The van der Waals surface area contributed by atoms with Crippen molar-refractivity contribution in [2.45, 2.75) is 33.6 Å². The molecule has 1 aliphatic rings. The van der Waals surface area contributed by atoms with Gasteiger partial charge in [-0.15, -0.1) is 0 Å². The Labute approximate surface area is 125 Å². The Kier molecular flexibility index (Phi) is 3.36. The number of hydrogen-bond acceptors (Lipinski definition) is 2. The number of hydrogen-bond donors (Lipinski definition) is 0. The fourth-order valence-corrected chi connectivity index (χ4v) is 3.08. The molecule has 1 aromatic carbocycles. The molecule has 0 N–H and O–H groups in total. The van der Waals surface area contributed by atoms with Gasteiger partial charge in [-0.1, -0.05) is 19.9 Å². The van der Waals surface area contributed by atoms with Crippen molar-refractivity contribution in [3.05, 3.63) is 47.8 Å². The molecule has 0 fully saturated rings. The van der Waals surface area contributed by atoms with Crippen LogP contribution in [0, 0.1) is 5.41 Å². The van der Waals surface area contributed by atoms with Gasteiger partial charge < -0.3 is 9.30 Å². The third-order valence-corrected chi connectivity index (χ3v) is 3.98. The highest BCUT2D eigenvalue weighted by Gasteiger charge is 2.33. The zero-order chi connectivity index (χ0) is 15.0. The summed E-state index contributed by atoms with van der Waals surface area (Å²) in [5.74, 6) is 1.11. The van der Waals surface area contributed by atoms with Crippen molar-refractivity contribution in [2.24, 2.45) is 5.41 Å². The molecule has 0 radical (unpaired) electrons. The van der Waals surface area contributed by atoms with Crippen LogP contribution in [-0.2, 0) is 6.42 Å². The smallest absolute Gasteiger partial charge is 0.165 e. The molecular weight excluding hydrogens is 262 g/mol. The fourth-order valence-electron chi connectivity index (χ4n) is 3.08. The van der Waals surface area contributed by atoms with E-state index in [0.717, 1.165) is 29.1 Å². The summed E-state index contributed by atoms with van der Waals surface area (Å²) in [7, 11) is 0. The number of rotatable bonds is 3. The minimum absolute atomic E-state index is 0.0255. The number of ketones is 1. The highest BCUT2D eigenvalue weighted by atomic mass is 16.5. The van der Waals surface area contributed by atoms with Gasteiger partial charge in [-0.2, -0.15) is 0 Å². The zero-order valence-corrected chi connectivity index (χ0v) is 12.8. The Morgan fingerprint density at radius 2 is 2.05 bits per heavy atom. The number of ether oxygens (including phenoxy) is 1. The number of carbonyl (C=O) groups excluding carboxylic acids is 1. The van der Waals surface area contributed by atoms with Crippen molar-refractivity contribution >= 4 is 5.78 Å². The maximum absolute atomic E-state index is 12.3. The van der Waals surface area contributed by atoms with E-state index in [0.29, 0.717) is 13.0 Å². The van der Waals surface area contributed by atoms with E-state index in [-0.39, 0.29) is 11.2 Å². The van der Waals surface area contributed by atoms with Crippen LogP contribution in [-0.4, -0.2) is 17.0 Å². The predicted octanol–water partition coefficient (Wildman–Crippen LogP) is 4.03. The van der Waals surface area contributed by atoms with Gasteiger partial charge in [-0.3, -0.25) is 4.79 Å². The lowest BCUT2D eigenvalue weighted by Crippen LogP contribution is -2.27. The summed E-state index contributed by atoms with van der Waals surface area (Å²) in [5, 5.41) is 0. The van der Waals surface area contributed by atoms with Crippen molar-refractivity contribution in [1.82, 2.24) is 4.57 Å². The van der Waals surface area contributed by atoms with Crippen molar-refractivity contribution in [3.63, 3.8) is 0 Å². The summed E-state index contributed by atoms with van der Waals surface area (Å²) in [4.78, 5) is 12.3. The minimum Gasteiger partial charge on any atom is -0.494 e. The average Bonchev–Trinajstić information content (AvgIpc) is 2.82. The number of Topliss-reactive ketones (excluding diaryl/α,β-unsaturated/α-hetero) is 1. The first-order chi connectivity index (χ1) is 10.00. The van der Waals surface area contributed by atoms with Gasteiger partial charge in [0.05, 0.1) is 6.61 Å². The Balaban J connectivity index is 2.05. The lowest BCUT2D eigenvalue weighted by Gasteiger charge is -2.29. The number of nitrogens with zero attached hydrogens (tertiary/aromatic N) is 1. The van der Waals surface area contributed by atoms with E-state index in [9.17, 15) is 4.79 Å². The largest absolute Gasteiger partial charge is 0.494 e. The van der Waals surface area contributed by atoms with E-state index in [2.05, 4.69) is 24.5 Å². The normalized spacial score (nSPS) is 16.6. The van der Waals surface area contributed by atoms with Gasteiger partial charge >= 0.3 is 0 Å². The van der Waals surface area contributed by atoms with Crippen LogP contribution in [0.1, 0.15) is 43.2 Å². The SMILES string of the molecule is CCOc1cccc(-n2ccc3c2CC(C)(C)CC3=O)c1. The molecule has 3 nitrogen and oxygen atoms in total. The second kappa shape index (κ2) is 5.06. The van der Waals surface area contributed by atoms with E-state index in [1.807, 2.05) is 37.4 Å². The molecule has 0 amide bonds. The molecule has 2 aromatic rings. The molecule has 1 aromatic heterocycles. The summed E-state index contributed by atoms with van der Waals surface area (Å²) in [6.07, 6.45) is 3.54. The van der Waals surface area contributed by atoms with Gasteiger partial charge in [-0.25, -0.2) is 0 Å². The number of aromatic nitrogens is 1. The van der Waals surface area contributed by atoms with Gasteiger partial charge in [0.25, 0.3) is 0 Å². The van der Waals surface area contributed by atoms with Crippen LogP contribution in [0.25, 0.3) is 5.69 Å². The quantitative estimate of drug-likeness (QED) is 0.851. The topological polar surface area (TPSA) is 31.2 Å². The predicted molar refractivity (Wildman–Crippen MR) is 83.4 cm³/mol. The third-order valence-electron chi connectivity index (χ3n) is 3.98. The molecule has 0 bridgehead atoms. The van der Waals surface area contributed by atoms with Crippen LogP contribution >= 0.6 is 0 Å². The Morgan fingerprint density at radius 3 is 2.81 bits per heavy atom. The third kappa shape index (κ3) is 2.60. The van der Waals surface area contributed by atoms with Crippen molar-refractivity contribution in [3.8, 4) is 11.4 Å². The highest BCUT2D eigenvalue weighted by molar-refractivity contribution is 5.99. The van der Waals surface area contributed by atoms with Crippen LogP contribution in [0.3, 0.4) is 0 Å². The van der Waals surface area contributed by atoms with E-state index in [1.165, 1.54) is 0 Å². The summed E-state index contributed by atoms with van der Waals surface area (Å²) in [6, 6.07) is 9.96. The summed E-state index contributed by atoms with van der Waals surface area (Å²) in [6.45, 7) is 6.94. The summed E-state index contributed by atoms with van der Waals surface area (Å²) >= 11 is 0. The molecule has 0 aliphatic heterocycles. The molecule has 0 spiro atoms. The van der Waals surface area contributed by atoms with Crippen LogP contribution in [0.2, 0.25) is 0 Å². The van der Waals surface area contributed by atoms with E-state index < -0.39 is 0 Å². The number of fused-ring (bicyclic) bond motifs is 1. The summed E-state index contributed by atoms with van der Waals surface area (Å²) < 4.78 is 7.69. The average molecular weight is 283 g/mol. The van der Waals surface area contributed by atoms with Crippen molar-refractivity contribution < 1.29 is 9.53 Å². The molecular formula is C18H21NO2. The monoisotopic (exact) mass is 283 g/mol. The first-order valence-corrected chi connectivity index (χ1v) is 7.47. The highest BCUT2D eigenvalue weighted by Crippen LogP contribution is 2.36. The molecule has 0 saturated heterocycles. The van der Waals surface area contributed by atoms with Crippen LogP contribution in [0.5, 0.6) is 5.75 Å². The van der Waals surface area contributed by atoms with Gasteiger partial charge in [-0.05, 0) is 37.0 Å². The lowest BCUT2D eigenvalue weighted by molar-refractivity contribution is 0.0911. The molecule has 21 heavy (non-hydrogen) atoms. The minimum atomic E-state index is 0.0255. The lowest BCUT2D eigenvalue weighted by atomic mass is 9.76. The van der Waals surface area contributed by atoms with Gasteiger partial charge in [0.2, 0.25) is 0 Å². The van der Waals surface area contributed by atoms with Gasteiger partial charge in [0.1, 0.15) is 5.75 Å². The van der Waals surface area contributed by atoms with Crippen LogP contribution in [0.4, 0.5) is 0 Å². The fraction of sp³-hybridized carbons (Fsp3) is 0.389. The maximum Gasteiger partial charge on any atom is 0.165 e. The number of benzene rings is 1. The summed E-state index contributed by atoms with van der Waals surface area (Å²) in [5.41, 5.74) is 3.06. The van der Waals surface area contributed by atoms with Crippen molar-refractivity contribution in [1.29, 1.82) is 0 Å². The zero-order valence-electron chi connectivity index (χ0n) is 12.8. The Hall–Kier alpha value is -2.03. The Bertz CT molecular complexity index is 682. The van der Waals surface area contributed by atoms with E-state index in [1.54, 1.807) is 0 Å².